The number of aliphatic hydroxyl groups excluding tert-OH is 1. The van der Waals surface area contributed by atoms with Crippen molar-refractivity contribution in [2.45, 2.75) is 70.5 Å². The Morgan fingerprint density at radius 2 is 2.22 bits per heavy atom. The number of esters is 1. The Bertz CT molecular complexity index is 337. The van der Waals surface area contributed by atoms with Gasteiger partial charge in [0.05, 0.1) is 12.0 Å². The molecule has 1 heterocycles. The van der Waals surface area contributed by atoms with E-state index < -0.39 is 6.10 Å². The summed E-state index contributed by atoms with van der Waals surface area (Å²) < 4.78 is 5.65. The molecule has 3 rings (SSSR count). The molecule has 0 amide bonds. The van der Waals surface area contributed by atoms with Crippen LogP contribution in [0.4, 0.5) is 0 Å². The summed E-state index contributed by atoms with van der Waals surface area (Å²) in [4.78, 5) is 12.1. The van der Waals surface area contributed by atoms with Crippen molar-refractivity contribution in [1.29, 1.82) is 0 Å². The maximum Gasteiger partial charge on any atom is 0.312 e. The van der Waals surface area contributed by atoms with E-state index in [4.69, 9.17) is 4.74 Å². The van der Waals surface area contributed by atoms with Gasteiger partial charge in [0.1, 0.15) is 6.10 Å². The van der Waals surface area contributed by atoms with E-state index in [1.165, 1.54) is 12.8 Å². The average Bonchev–Trinajstić information content (AvgIpc) is 2.65. The van der Waals surface area contributed by atoms with Crippen molar-refractivity contribution in [1.82, 2.24) is 0 Å². The summed E-state index contributed by atoms with van der Waals surface area (Å²) in [5.74, 6) is 0.166. The van der Waals surface area contributed by atoms with Gasteiger partial charge in [-0.2, -0.15) is 0 Å². The molecule has 102 valence electrons. The molecule has 2 bridgehead atoms. The Balaban J connectivity index is 1.91. The standard InChI is InChI=1S/C15H24O3/c1-2-3-5-10-12-6-4-8-15(10)9-7-11(16)13(15)14(17)18-12/h10-13,16H,2-9H2,1H3/t10-,11-,12+,13+,15+/m1/s1. The van der Waals surface area contributed by atoms with E-state index in [0.717, 1.165) is 38.5 Å². The predicted octanol–water partition coefficient (Wildman–Crippen LogP) is 2.66. The second-order valence-electron chi connectivity index (χ2n) is 6.43. The van der Waals surface area contributed by atoms with Crippen LogP contribution >= 0.6 is 0 Å². The first-order valence-corrected chi connectivity index (χ1v) is 7.57. The predicted molar refractivity (Wildman–Crippen MR) is 67.9 cm³/mol. The van der Waals surface area contributed by atoms with Crippen LogP contribution in [0, 0.1) is 17.3 Å². The lowest BCUT2D eigenvalue weighted by Gasteiger charge is -2.52. The lowest BCUT2D eigenvalue weighted by molar-refractivity contribution is -0.197. The van der Waals surface area contributed by atoms with Crippen LogP contribution in [0.5, 0.6) is 0 Å². The molecule has 2 saturated carbocycles. The Kier molecular flexibility index (Phi) is 3.13. The van der Waals surface area contributed by atoms with Gasteiger partial charge in [-0.1, -0.05) is 19.8 Å². The topological polar surface area (TPSA) is 46.5 Å². The van der Waals surface area contributed by atoms with Crippen LogP contribution in [-0.4, -0.2) is 23.3 Å². The van der Waals surface area contributed by atoms with E-state index in [1.54, 1.807) is 0 Å². The molecule has 1 N–H and O–H groups in total. The summed E-state index contributed by atoms with van der Waals surface area (Å²) in [6.45, 7) is 2.21. The molecular formula is C15H24O3. The van der Waals surface area contributed by atoms with Crippen LogP contribution in [-0.2, 0) is 9.53 Å². The van der Waals surface area contributed by atoms with Gasteiger partial charge in [-0.05, 0) is 43.9 Å². The van der Waals surface area contributed by atoms with Gasteiger partial charge in [-0.25, -0.2) is 0 Å². The summed E-state index contributed by atoms with van der Waals surface area (Å²) in [5, 5.41) is 10.1. The van der Waals surface area contributed by atoms with Crippen LogP contribution in [0.1, 0.15) is 58.3 Å². The number of ether oxygens (including phenoxy) is 1. The second-order valence-corrected chi connectivity index (χ2v) is 6.43. The van der Waals surface area contributed by atoms with Gasteiger partial charge in [-0.3, -0.25) is 4.79 Å². The molecule has 5 atom stereocenters. The maximum atomic E-state index is 12.1. The molecule has 3 fully saturated rings. The molecule has 3 aliphatic rings. The Morgan fingerprint density at radius 3 is 3.00 bits per heavy atom. The third-order valence-electron chi connectivity index (χ3n) is 5.62. The third kappa shape index (κ3) is 1.63. The number of aliphatic hydroxyl groups is 1. The zero-order valence-corrected chi connectivity index (χ0v) is 11.2. The average molecular weight is 252 g/mol. The molecule has 0 unspecified atom stereocenters. The molecule has 0 radical (unpaired) electrons. The highest BCUT2D eigenvalue weighted by atomic mass is 16.5. The fraction of sp³-hybridized carbons (Fsp3) is 0.933. The lowest BCUT2D eigenvalue weighted by atomic mass is 9.57. The highest BCUT2D eigenvalue weighted by molar-refractivity contribution is 5.76. The highest BCUT2D eigenvalue weighted by Crippen LogP contribution is 2.60. The SMILES string of the molecule is CCCC[C@@H]1[C@@H]2CCC[C@]13CC[C@@H](O)[C@H]3C(=O)O2. The normalized spacial score (nSPS) is 46.7. The van der Waals surface area contributed by atoms with Crippen molar-refractivity contribution in [3.63, 3.8) is 0 Å². The summed E-state index contributed by atoms with van der Waals surface area (Å²) in [6, 6.07) is 0. The zero-order chi connectivity index (χ0) is 12.8. The first-order valence-electron chi connectivity index (χ1n) is 7.57. The monoisotopic (exact) mass is 252 g/mol. The number of carbonyl (C=O) groups excluding carboxylic acids is 1. The molecule has 1 spiro atoms. The maximum absolute atomic E-state index is 12.1. The van der Waals surface area contributed by atoms with Gasteiger partial charge in [0, 0.05) is 5.92 Å². The first kappa shape index (κ1) is 12.5. The highest BCUT2D eigenvalue weighted by Gasteiger charge is 2.62. The van der Waals surface area contributed by atoms with Crippen molar-refractivity contribution >= 4 is 5.97 Å². The van der Waals surface area contributed by atoms with Crippen molar-refractivity contribution in [3.8, 4) is 0 Å². The third-order valence-corrected chi connectivity index (χ3v) is 5.62. The largest absolute Gasteiger partial charge is 0.462 e. The minimum atomic E-state index is -0.458. The minimum Gasteiger partial charge on any atom is -0.462 e. The van der Waals surface area contributed by atoms with E-state index in [2.05, 4.69) is 6.92 Å². The molecule has 1 saturated heterocycles. The van der Waals surface area contributed by atoms with Crippen LogP contribution < -0.4 is 0 Å². The van der Waals surface area contributed by atoms with Crippen molar-refractivity contribution < 1.29 is 14.6 Å². The molecule has 1 aliphatic heterocycles. The Morgan fingerprint density at radius 1 is 1.39 bits per heavy atom. The Hall–Kier alpha value is -0.570. The van der Waals surface area contributed by atoms with Gasteiger partial charge in [-0.15, -0.1) is 0 Å². The minimum absolute atomic E-state index is 0.0762. The molecule has 0 aromatic rings. The lowest BCUT2D eigenvalue weighted by Crippen LogP contribution is -2.55. The summed E-state index contributed by atoms with van der Waals surface area (Å²) >= 11 is 0. The van der Waals surface area contributed by atoms with Crippen LogP contribution in [0.2, 0.25) is 0 Å². The Labute approximate surface area is 109 Å². The quantitative estimate of drug-likeness (QED) is 0.785. The first-order chi connectivity index (χ1) is 8.69. The number of carbonyl (C=O) groups is 1. The van der Waals surface area contributed by atoms with E-state index >= 15 is 0 Å². The fourth-order valence-electron chi connectivity index (χ4n) is 4.86. The molecule has 3 nitrogen and oxygen atoms in total. The van der Waals surface area contributed by atoms with E-state index in [9.17, 15) is 9.90 Å². The van der Waals surface area contributed by atoms with Gasteiger partial charge in [0.25, 0.3) is 0 Å². The number of hydrogen-bond donors (Lipinski definition) is 1. The molecule has 3 heteroatoms. The van der Waals surface area contributed by atoms with Gasteiger partial charge in [0.15, 0.2) is 0 Å². The van der Waals surface area contributed by atoms with Crippen LogP contribution in [0.3, 0.4) is 0 Å². The molecule has 2 aliphatic carbocycles. The number of unbranched alkanes of at least 4 members (excludes halogenated alkanes) is 1. The van der Waals surface area contributed by atoms with Gasteiger partial charge in [0.2, 0.25) is 0 Å². The van der Waals surface area contributed by atoms with E-state index in [0.29, 0.717) is 5.92 Å². The van der Waals surface area contributed by atoms with E-state index in [1.807, 2.05) is 0 Å². The number of hydrogen-bond acceptors (Lipinski definition) is 3. The van der Waals surface area contributed by atoms with Crippen molar-refractivity contribution in [2.24, 2.45) is 17.3 Å². The smallest absolute Gasteiger partial charge is 0.312 e. The van der Waals surface area contributed by atoms with Crippen LogP contribution in [0.15, 0.2) is 0 Å². The van der Waals surface area contributed by atoms with Crippen molar-refractivity contribution in [3.05, 3.63) is 0 Å². The summed E-state index contributed by atoms with van der Waals surface area (Å²) in [6.07, 6.45) is 8.37. The number of fused-ring (bicyclic) bond motifs is 1. The van der Waals surface area contributed by atoms with Crippen molar-refractivity contribution in [2.75, 3.05) is 0 Å². The molecule has 18 heavy (non-hydrogen) atoms. The zero-order valence-electron chi connectivity index (χ0n) is 11.2. The molecular weight excluding hydrogens is 228 g/mol. The summed E-state index contributed by atoms with van der Waals surface area (Å²) in [7, 11) is 0. The van der Waals surface area contributed by atoms with Gasteiger partial charge < -0.3 is 9.84 Å². The summed E-state index contributed by atoms with van der Waals surface area (Å²) in [5.41, 5.74) is 0.0762. The van der Waals surface area contributed by atoms with E-state index in [-0.39, 0.29) is 23.4 Å². The fourth-order valence-corrected chi connectivity index (χ4v) is 4.86. The second kappa shape index (κ2) is 4.52. The molecule has 0 aromatic heterocycles. The van der Waals surface area contributed by atoms with Gasteiger partial charge >= 0.3 is 5.97 Å². The number of rotatable bonds is 3. The van der Waals surface area contributed by atoms with Crippen LogP contribution in [0.25, 0.3) is 0 Å². The molecule has 0 aromatic carbocycles.